The van der Waals surface area contributed by atoms with Gasteiger partial charge in [-0.15, -0.1) is 0 Å². The summed E-state index contributed by atoms with van der Waals surface area (Å²) in [4.78, 5) is 14.8. The van der Waals surface area contributed by atoms with Gasteiger partial charge in [0.1, 0.15) is 5.75 Å². The molecule has 5 nitrogen and oxygen atoms in total. The van der Waals surface area contributed by atoms with Crippen LogP contribution in [0.1, 0.15) is 18.1 Å². The Morgan fingerprint density at radius 2 is 1.42 bits per heavy atom. The molecule has 160 valence electrons. The van der Waals surface area contributed by atoms with Crippen LogP contribution < -0.4 is 9.64 Å². The molecular formula is C26H27NO4. The van der Waals surface area contributed by atoms with Crippen LogP contribution in [0.15, 0.2) is 84.9 Å². The van der Waals surface area contributed by atoms with E-state index < -0.39 is 6.10 Å². The van der Waals surface area contributed by atoms with Gasteiger partial charge in [0.15, 0.2) is 6.10 Å². The predicted molar refractivity (Wildman–Crippen MR) is 120 cm³/mol. The Bertz CT molecular complexity index is 975. The van der Waals surface area contributed by atoms with E-state index >= 15 is 0 Å². The molecule has 1 aliphatic rings. The lowest BCUT2D eigenvalue weighted by molar-refractivity contribution is -0.150. The number of nitrogens with zero attached hydrogens (tertiary/aromatic N) is 1. The number of hydrogen-bond acceptors (Lipinski definition) is 4. The standard InChI is InChI=1S/C26H27NO4/c1-19(30-17-20-9-5-3-6-10-20)24-25(31-18-21-11-7-4-8-12-21)26(28)27(24)22-13-15-23(29-2)16-14-22/h3-16,19,24-25H,17-18H2,1-2H3/t19-,24+,25-/m0/s1. The number of hydrogen-bond donors (Lipinski definition) is 0. The second-order valence-electron chi connectivity index (χ2n) is 7.62. The molecule has 0 saturated carbocycles. The van der Waals surface area contributed by atoms with E-state index in [-0.39, 0.29) is 18.1 Å². The van der Waals surface area contributed by atoms with E-state index in [2.05, 4.69) is 0 Å². The van der Waals surface area contributed by atoms with Crippen LogP contribution in [-0.2, 0) is 27.5 Å². The number of ether oxygens (including phenoxy) is 3. The minimum absolute atomic E-state index is 0.0544. The zero-order chi connectivity index (χ0) is 21.6. The lowest BCUT2D eigenvalue weighted by Gasteiger charge is -2.49. The summed E-state index contributed by atoms with van der Waals surface area (Å²) < 4.78 is 17.5. The third-order valence-electron chi connectivity index (χ3n) is 5.55. The van der Waals surface area contributed by atoms with E-state index in [1.54, 1.807) is 12.0 Å². The molecule has 3 atom stereocenters. The fraction of sp³-hybridized carbons (Fsp3) is 0.269. The summed E-state index contributed by atoms with van der Waals surface area (Å²) >= 11 is 0. The van der Waals surface area contributed by atoms with Crippen LogP contribution in [0, 0.1) is 0 Å². The molecule has 3 aromatic rings. The molecule has 0 bridgehead atoms. The van der Waals surface area contributed by atoms with Crippen LogP contribution in [0.3, 0.4) is 0 Å². The molecule has 3 aromatic carbocycles. The van der Waals surface area contributed by atoms with Crippen LogP contribution in [0.25, 0.3) is 0 Å². The molecule has 0 radical (unpaired) electrons. The normalized spacial score (nSPS) is 19.0. The van der Waals surface area contributed by atoms with Gasteiger partial charge >= 0.3 is 0 Å². The molecular weight excluding hydrogens is 390 g/mol. The van der Waals surface area contributed by atoms with Crippen molar-refractivity contribution in [3.63, 3.8) is 0 Å². The summed E-state index contributed by atoms with van der Waals surface area (Å²) in [7, 11) is 1.62. The fourth-order valence-corrected chi connectivity index (χ4v) is 3.81. The van der Waals surface area contributed by atoms with Gasteiger partial charge in [-0.05, 0) is 42.3 Å². The minimum Gasteiger partial charge on any atom is -0.497 e. The molecule has 0 aromatic heterocycles. The molecule has 4 rings (SSSR count). The first-order valence-corrected chi connectivity index (χ1v) is 10.5. The Kier molecular flexibility index (Phi) is 6.65. The van der Waals surface area contributed by atoms with Gasteiger partial charge in [-0.2, -0.15) is 0 Å². The highest BCUT2D eigenvalue weighted by atomic mass is 16.5. The quantitative estimate of drug-likeness (QED) is 0.478. The minimum atomic E-state index is -0.548. The molecule has 0 N–H and O–H groups in total. The molecule has 1 saturated heterocycles. The zero-order valence-electron chi connectivity index (χ0n) is 17.8. The van der Waals surface area contributed by atoms with E-state index in [1.807, 2.05) is 91.9 Å². The van der Waals surface area contributed by atoms with Gasteiger partial charge in [0, 0.05) is 5.69 Å². The molecule has 0 unspecified atom stereocenters. The number of anilines is 1. The summed E-state index contributed by atoms with van der Waals surface area (Å²) in [5.41, 5.74) is 2.94. The number of benzene rings is 3. The third kappa shape index (κ3) is 4.79. The molecule has 0 spiro atoms. The monoisotopic (exact) mass is 417 g/mol. The highest BCUT2D eigenvalue weighted by Gasteiger charge is 2.52. The van der Waals surface area contributed by atoms with Crippen molar-refractivity contribution in [2.45, 2.75) is 38.4 Å². The summed E-state index contributed by atoms with van der Waals surface area (Å²) in [5.74, 6) is 0.694. The van der Waals surface area contributed by atoms with Crippen LogP contribution in [0.4, 0.5) is 5.69 Å². The molecule has 1 heterocycles. The van der Waals surface area contributed by atoms with E-state index in [0.717, 1.165) is 22.6 Å². The molecule has 31 heavy (non-hydrogen) atoms. The first-order valence-electron chi connectivity index (χ1n) is 10.5. The lowest BCUT2D eigenvalue weighted by Crippen LogP contribution is -2.70. The van der Waals surface area contributed by atoms with Gasteiger partial charge in [-0.1, -0.05) is 60.7 Å². The van der Waals surface area contributed by atoms with Gasteiger partial charge in [-0.3, -0.25) is 4.79 Å². The Balaban J connectivity index is 1.49. The number of amides is 1. The van der Waals surface area contributed by atoms with Crippen molar-refractivity contribution in [3.05, 3.63) is 96.1 Å². The second-order valence-corrected chi connectivity index (χ2v) is 7.62. The van der Waals surface area contributed by atoms with E-state index in [4.69, 9.17) is 14.2 Å². The van der Waals surface area contributed by atoms with Crippen LogP contribution in [0.2, 0.25) is 0 Å². The van der Waals surface area contributed by atoms with Crippen LogP contribution in [-0.4, -0.2) is 31.3 Å². The highest BCUT2D eigenvalue weighted by Crippen LogP contribution is 2.34. The maximum Gasteiger partial charge on any atom is 0.258 e. The van der Waals surface area contributed by atoms with Crippen molar-refractivity contribution in [3.8, 4) is 5.75 Å². The number of β-lactam (4-membered cyclic amide) rings is 1. The largest absolute Gasteiger partial charge is 0.497 e. The Morgan fingerprint density at radius 3 is 2.00 bits per heavy atom. The van der Waals surface area contributed by atoms with Crippen molar-refractivity contribution >= 4 is 11.6 Å². The third-order valence-corrected chi connectivity index (χ3v) is 5.55. The van der Waals surface area contributed by atoms with Gasteiger partial charge in [0.2, 0.25) is 0 Å². The summed E-state index contributed by atoms with van der Waals surface area (Å²) in [6, 6.07) is 27.2. The molecule has 1 fully saturated rings. The molecule has 1 aliphatic heterocycles. The average molecular weight is 418 g/mol. The van der Waals surface area contributed by atoms with Gasteiger partial charge < -0.3 is 19.1 Å². The summed E-state index contributed by atoms with van der Waals surface area (Å²) in [6.45, 7) is 2.86. The smallest absolute Gasteiger partial charge is 0.258 e. The van der Waals surface area contributed by atoms with Crippen molar-refractivity contribution in [2.24, 2.45) is 0 Å². The molecule has 5 heteroatoms. The van der Waals surface area contributed by atoms with Gasteiger partial charge in [-0.25, -0.2) is 0 Å². The van der Waals surface area contributed by atoms with Crippen molar-refractivity contribution in [2.75, 3.05) is 12.0 Å². The first-order chi connectivity index (χ1) is 15.2. The maximum atomic E-state index is 13.0. The highest BCUT2D eigenvalue weighted by molar-refractivity contribution is 6.05. The Morgan fingerprint density at radius 1 is 0.839 bits per heavy atom. The van der Waals surface area contributed by atoms with Crippen molar-refractivity contribution in [1.82, 2.24) is 0 Å². The molecule has 1 amide bonds. The van der Waals surface area contributed by atoms with Crippen LogP contribution in [0.5, 0.6) is 5.75 Å². The van der Waals surface area contributed by atoms with E-state index in [1.165, 1.54) is 0 Å². The Hall–Kier alpha value is -3.15. The fourth-order valence-electron chi connectivity index (χ4n) is 3.81. The first kappa shape index (κ1) is 21.1. The van der Waals surface area contributed by atoms with Crippen molar-refractivity contribution < 1.29 is 19.0 Å². The second kappa shape index (κ2) is 9.77. The topological polar surface area (TPSA) is 48.0 Å². The number of carbonyl (C=O) groups is 1. The predicted octanol–water partition coefficient (Wildman–Crippen LogP) is 4.60. The lowest BCUT2D eigenvalue weighted by atomic mass is 9.92. The van der Waals surface area contributed by atoms with Gasteiger partial charge in [0.05, 0.1) is 32.5 Å². The summed E-state index contributed by atoms with van der Waals surface area (Å²) in [6.07, 6.45) is -0.756. The molecule has 0 aliphatic carbocycles. The van der Waals surface area contributed by atoms with Gasteiger partial charge in [0.25, 0.3) is 5.91 Å². The average Bonchev–Trinajstić information content (AvgIpc) is 2.82. The van der Waals surface area contributed by atoms with E-state index in [9.17, 15) is 4.79 Å². The van der Waals surface area contributed by atoms with E-state index in [0.29, 0.717) is 13.2 Å². The summed E-state index contributed by atoms with van der Waals surface area (Å²) in [5, 5.41) is 0. The zero-order valence-corrected chi connectivity index (χ0v) is 17.8. The van der Waals surface area contributed by atoms with Crippen molar-refractivity contribution in [1.29, 1.82) is 0 Å². The number of methoxy groups -OCH3 is 1. The maximum absolute atomic E-state index is 13.0. The number of rotatable bonds is 9. The number of carbonyl (C=O) groups excluding carboxylic acids is 1. The Labute approximate surface area is 183 Å². The SMILES string of the molecule is COc1ccc(N2C(=O)[C@@H](OCc3ccccc3)[C@H]2[C@H](C)OCc2ccccc2)cc1. The van der Waals surface area contributed by atoms with Crippen LogP contribution >= 0.6 is 0 Å².